The monoisotopic (exact) mass is 471 g/mol. The fourth-order valence-electron chi connectivity index (χ4n) is 4.45. The van der Waals surface area contributed by atoms with Gasteiger partial charge in [0.05, 0.1) is 24.4 Å². The highest BCUT2D eigenvalue weighted by Crippen LogP contribution is 2.38. The third-order valence-corrected chi connectivity index (χ3v) is 7.30. The third kappa shape index (κ3) is 4.76. The summed E-state index contributed by atoms with van der Waals surface area (Å²) in [5.41, 5.74) is 5.88. The maximum absolute atomic E-state index is 6.25. The fraction of sp³-hybridized carbons (Fsp3) is 0.379. The first kappa shape index (κ1) is 24.1. The Kier molecular flexibility index (Phi) is 6.49. The van der Waals surface area contributed by atoms with E-state index in [1.54, 1.807) is 0 Å². The zero-order chi connectivity index (χ0) is 24.6. The van der Waals surface area contributed by atoms with Gasteiger partial charge in [0.15, 0.2) is 6.29 Å². The molecule has 0 unspecified atom stereocenters. The van der Waals surface area contributed by atoms with Crippen LogP contribution in [0.1, 0.15) is 52.0 Å². The molecule has 0 spiro atoms. The van der Waals surface area contributed by atoms with E-state index in [2.05, 4.69) is 112 Å². The third-order valence-electron chi connectivity index (χ3n) is 7.30. The van der Waals surface area contributed by atoms with Gasteiger partial charge >= 0.3 is 7.12 Å². The summed E-state index contributed by atoms with van der Waals surface area (Å²) < 4.78 is 23.8. The van der Waals surface area contributed by atoms with E-state index in [9.17, 15) is 0 Å². The van der Waals surface area contributed by atoms with Crippen molar-refractivity contribution in [1.29, 1.82) is 0 Å². The van der Waals surface area contributed by atoms with Crippen molar-refractivity contribution in [1.82, 2.24) is 0 Å². The van der Waals surface area contributed by atoms with Gasteiger partial charge in [-0.3, -0.25) is 0 Å². The Morgan fingerprint density at radius 1 is 0.771 bits per heavy atom. The summed E-state index contributed by atoms with van der Waals surface area (Å²) in [6.07, 6.45) is 0.706. The van der Waals surface area contributed by atoms with Gasteiger partial charge in [0.2, 0.25) is 0 Å². The minimum absolute atomic E-state index is 0.278. The first-order chi connectivity index (χ1) is 16.8. The smallest absolute Gasteiger partial charge is 0.399 e. The number of anilines is 3. The molecule has 0 saturated carbocycles. The van der Waals surface area contributed by atoms with E-state index in [1.165, 1.54) is 5.56 Å². The lowest BCUT2D eigenvalue weighted by molar-refractivity contribution is -0.0441. The van der Waals surface area contributed by atoms with E-state index in [-0.39, 0.29) is 24.6 Å². The lowest BCUT2D eigenvalue weighted by Gasteiger charge is -2.32. The maximum Gasteiger partial charge on any atom is 0.494 e. The second-order valence-corrected chi connectivity index (χ2v) is 10.2. The molecule has 0 radical (unpaired) electrons. The van der Waals surface area contributed by atoms with Crippen molar-refractivity contribution in [2.24, 2.45) is 0 Å². The van der Waals surface area contributed by atoms with Crippen molar-refractivity contribution in [3.8, 4) is 0 Å². The molecular weight excluding hydrogens is 437 g/mol. The highest BCUT2D eigenvalue weighted by atomic mass is 16.7. The van der Waals surface area contributed by atoms with Crippen LogP contribution in [0, 0.1) is 0 Å². The van der Waals surface area contributed by atoms with E-state index in [0.29, 0.717) is 13.2 Å². The molecule has 0 atom stereocenters. The Labute approximate surface area is 209 Å². The second kappa shape index (κ2) is 9.43. The van der Waals surface area contributed by atoms with Crippen LogP contribution in [0.4, 0.5) is 17.1 Å². The molecule has 2 saturated heterocycles. The van der Waals surface area contributed by atoms with Crippen molar-refractivity contribution in [2.75, 3.05) is 18.1 Å². The average Bonchev–Trinajstić information content (AvgIpc) is 3.46. The Bertz CT molecular complexity index is 1140. The van der Waals surface area contributed by atoms with Gasteiger partial charge in [-0.05, 0) is 81.5 Å². The number of hydrogen-bond donors (Lipinski definition) is 0. The standard InChI is InChI=1S/C29H34BNO4/c1-6-21-8-7-9-26(20-21)31(24-14-10-22(11-15-24)27-32-18-19-33-27)25-16-12-23(13-17-25)30-34-28(2,3)29(4,5)35-30/h7-17,20,27H,6,18-19H2,1-5H3. The lowest BCUT2D eigenvalue weighted by atomic mass is 9.79. The van der Waals surface area contributed by atoms with Crippen LogP contribution in [0.5, 0.6) is 0 Å². The van der Waals surface area contributed by atoms with Crippen LogP contribution in [0.2, 0.25) is 0 Å². The number of aryl methyl sites for hydroxylation is 1. The average molecular weight is 471 g/mol. The van der Waals surface area contributed by atoms with Gasteiger partial charge in [-0.25, -0.2) is 0 Å². The first-order valence-electron chi connectivity index (χ1n) is 12.5. The molecule has 3 aromatic carbocycles. The highest BCUT2D eigenvalue weighted by Gasteiger charge is 2.51. The highest BCUT2D eigenvalue weighted by molar-refractivity contribution is 6.62. The number of nitrogens with zero attached hydrogens (tertiary/aromatic N) is 1. The molecule has 2 aliphatic heterocycles. The maximum atomic E-state index is 6.25. The summed E-state index contributed by atoms with van der Waals surface area (Å²) >= 11 is 0. The van der Waals surface area contributed by atoms with Gasteiger partial charge in [-0.1, -0.05) is 43.3 Å². The Balaban J connectivity index is 1.47. The number of hydrogen-bond acceptors (Lipinski definition) is 5. The van der Waals surface area contributed by atoms with Crippen molar-refractivity contribution < 1.29 is 18.8 Å². The minimum Gasteiger partial charge on any atom is -0.399 e. The molecule has 5 nitrogen and oxygen atoms in total. The van der Waals surface area contributed by atoms with Crippen LogP contribution in [0.3, 0.4) is 0 Å². The molecule has 0 N–H and O–H groups in total. The summed E-state index contributed by atoms with van der Waals surface area (Å²) in [7, 11) is -0.378. The number of benzene rings is 3. The lowest BCUT2D eigenvalue weighted by Crippen LogP contribution is -2.41. The van der Waals surface area contributed by atoms with Crippen molar-refractivity contribution in [2.45, 2.75) is 58.5 Å². The minimum atomic E-state index is -0.378. The molecule has 35 heavy (non-hydrogen) atoms. The molecule has 2 aliphatic rings. The van der Waals surface area contributed by atoms with E-state index < -0.39 is 0 Å². The van der Waals surface area contributed by atoms with Crippen LogP contribution < -0.4 is 10.4 Å². The molecular formula is C29H34BNO4. The Hall–Kier alpha value is -2.64. The van der Waals surface area contributed by atoms with Crippen molar-refractivity contribution in [3.63, 3.8) is 0 Å². The summed E-state index contributed by atoms with van der Waals surface area (Å²) in [5, 5.41) is 0. The van der Waals surface area contributed by atoms with E-state index in [1.807, 2.05) is 0 Å². The quantitative estimate of drug-likeness (QED) is 0.409. The molecule has 3 aromatic rings. The molecule has 0 aromatic heterocycles. The molecule has 182 valence electrons. The van der Waals surface area contributed by atoms with Gasteiger partial charge in [0.25, 0.3) is 0 Å². The molecule has 0 aliphatic carbocycles. The van der Waals surface area contributed by atoms with E-state index in [0.717, 1.165) is 34.5 Å². The number of ether oxygens (including phenoxy) is 2. The Morgan fingerprint density at radius 2 is 1.34 bits per heavy atom. The van der Waals surface area contributed by atoms with E-state index >= 15 is 0 Å². The van der Waals surface area contributed by atoms with Crippen LogP contribution in [-0.2, 0) is 25.2 Å². The SMILES string of the molecule is CCc1cccc(N(c2ccc(B3OC(C)(C)C(C)(C)O3)cc2)c2ccc(C3OCCO3)cc2)c1. The van der Waals surface area contributed by atoms with Gasteiger partial charge in [0.1, 0.15) is 0 Å². The molecule has 2 heterocycles. The molecule has 0 amide bonds. The van der Waals surface area contributed by atoms with Gasteiger partial charge < -0.3 is 23.7 Å². The molecule has 0 bridgehead atoms. The first-order valence-corrected chi connectivity index (χ1v) is 12.5. The summed E-state index contributed by atoms with van der Waals surface area (Å²) in [4.78, 5) is 2.27. The zero-order valence-corrected chi connectivity index (χ0v) is 21.3. The fourth-order valence-corrected chi connectivity index (χ4v) is 4.45. The van der Waals surface area contributed by atoms with Crippen LogP contribution >= 0.6 is 0 Å². The number of rotatable bonds is 6. The molecule has 5 rings (SSSR count). The second-order valence-electron chi connectivity index (χ2n) is 10.2. The van der Waals surface area contributed by atoms with Crippen molar-refractivity contribution in [3.05, 3.63) is 83.9 Å². The topological polar surface area (TPSA) is 40.2 Å². The van der Waals surface area contributed by atoms with Crippen molar-refractivity contribution >= 4 is 29.6 Å². The van der Waals surface area contributed by atoms with Gasteiger partial charge in [-0.2, -0.15) is 0 Å². The predicted molar refractivity (Wildman–Crippen MR) is 141 cm³/mol. The van der Waals surface area contributed by atoms with Crippen LogP contribution in [0.25, 0.3) is 0 Å². The summed E-state index contributed by atoms with van der Waals surface area (Å²) in [6, 6.07) is 25.6. The Morgan fingerprint density at radius 3 is 1.91 bits per heavy atom. The molecule has 2 fully saturated rings. The van der Waals surface area contributed by atoms with Crippen LogP contribution in [-0.4, -0.2) is 31.5 Å². The van der Waals surface area contributed by atoms with E-state index in [4.69, 9.17) is 18.8 Å². The normalized spacial score (nSPS) is 19.3. The van der Waals surface area contributed by atoms with Gasteiger partial charge in [-0.15, -0.1) is 0 Å². The van der Waals surface area contributed by atoms with Gasteiger partial charge in [0, 0.05) is 22.6 Å². The predicted octanol–water partition coefficient (Wildman–Crippen LogP) is 6.06. The van der Waals surface area contributed by atoms with Crippen LogP contribution in [0.15, 0.2) is 72.8 Å². The zero-order valence-electron chi connectivity index (χ0n) is 21.3. The summed E-state index contributed by atoms with van der Waals surface area (Å²) in [5.74, 6) is 0. The molecule has 6 heteroatoms. The largest absolute Gasteiger partial charge is 0.494 e. The summed E-state index contributed by atoms with van der Waals surface area (Å²) in [6.45, 7) is 11.8.